The van der Waals surface area contributed by atoms with Gasteiger partial charge in [0.25, 0.3) is 0 Å². The van der Waals surface area contributed by atoms with Crippen molar-refractivity contribution in [2.45, 2.75) is 32.2 Å². The van der Waals surface area contributed by atoms with Crippen molar-refractivity contribution < 1.29 is 24.2 Å². The number of amides is 2. The summed E-state index contributed by atoms with van der Waals surface area (Å²) in [6.45, 7) is 1.87. The molecule has 0 fully saturated rings. The molecule has 1 atom stereocenters. The largest absolute Gasteiger partial charge is 0.511 e. The molecule has 0 bridgehead atoms. The molecule has 0 radical (unpaired) electrons. The van der Waals surface area contributed by atoms with Gasteiger partial charge in [-0.25, -0.2) is 4.79 Å². The molecule has 0 aromatic heterocycles. The number of hydrogen-bond acceptors (Lipinski definition) is 5. The van der Waals surface area contributed by atoms with Crippen molar-refractivity contribution >= 4 is 23.7 Å². The third-order valence-corrected chi connectivity index (χ3v) is 4.17. The van der Waals surface area contributed by atoms with Gasteiger partial charge in [0, 0.05) is 18.2 Å². The molecule has 0 heterocycles. The number of carboxylic acid groups (broad SMARTS) is 1. The van der Waals surface area contributed by atoms with Crippen LogP contribution >= 0.6 is 0 Å². The van der Waals surface area contributed by atoms with Crippen LogP contribution < -0.4 is 21.1 Å². The predicted molar refractivity (Wildman–Crippen MR) is 110 cm³/mol. The standard InChI is InChI=1S/C21H25N3O5/c1-14(25)23-18(9-5-6-12-22)20(26)24-16-10-11-19(29-21(27)28)17(13-16)15-7-3-2-4-8-15/h2-4,7-8,10-11,13,18H,5-6,9,12,22H2,1H3,(H,23,25)(H,24,26)(H,27,28)/t18-/m0/s1. The highest BCUT2D eigenvalue weighted by atomic mass is 16.7. The number of anilines is 1. The molecule has 2 aromatic rings. The molecule has 8 heteroatoms. The second-order valence-corrected chi connectivity index (χ2v) is 6.47. The predicted octanol–water partition coefficient (Wildman–Crippen LogP) is 2.98. The Hall–Kier alpha value is -3.39. The van der Waals surface area contributed by atoms with Gasteiger partial charge >= 0.3 is 6.16 Å². The number of nitrogens with two attached hydrogens (primary N) is 1. The molecule has 2 aromatic carbocycles. The minimum absolute atomic E-state index is 0.156. The molecule has 0 unspecified atom stereocenters. The fraction of sp³-hybridized carbons (Fsp3) is 0.286. The fourth-order valence-electron chi connectivity index (χ4n) is 2.87. The lowest BCUT2D eigenvalue weighted by atomic mass is 10.0. The van der Waals surface area contributed by atoms with Crippen LogP contribution in [0.4, 0.5) is 10.5 Å². The maximum Gasteiger partial charge on any atom is 0.511 e. The summed E-state index contributed by atoms with van der Waals surface area (Å²) in [6.07, 6.45) is 0.497. The van der Waals surface area contributed by atoms with Crippen molar-refractivity contribution in [2.75, 3.05) is 11.9 Å². The minimum Gasteiger partial charge on any atom is -0.449 e. The topological polar surface area (TPSA) is 131 Å². The molecule has 0 saturated heterocycles. The molecular formula is C21H25N3O5. The van der Waals surface area contributed by atoms with Gasteiger partial charge in [-0.2, -0.15) is 0 Å². The van der Waals surface area contributed by atoms with E-state index in [1.807, 2.05) is 30.3 Å². The Morgan fingerprint density at radius 3 is 2.45 bits per heavy atom. The van der Waals surface area contributed by atoms with Gasteiger partial charge in [0.15, 0.2) is 0 Å². The van der Waals surface area contributed by atoms with E-state index in [1.165, 1.54) is 13.0 Å². The molecule has 0 spiro atoms. The Kier molecular flexibility index (Phi) is 8.17. The maximum absolute atomic E-state index is 12.7. The highest BCUT2D eigenvalue weighted by molar-refractivity contribution is 5.97. The van der Waals surface area contributed by atoms with E-state index in [-0.39, 0.29) is 17.6 Å². The molecule has 154 valence electrons. The van der Waals surface area contributed by atoms with Crippen LogP contribution in [0.1, 0.15) is 26.2 Å². The lowest BCUT2D eigenvalue weighted by Crippen LogP contribution is -2.42. The zero-order valence-corrected chi connectivity index (χ0v) is 16.2. The van der Waals surface area contributed by atoms with Crippen molar-refractivity contribution in [3.05, 3.63) is 48.5 Å². The first-order chi connectivity index (χ1) is 13.9. The average Bonchev–Trinajstić information content (AvgIpc) is 2.68. The zero-order valence-electron chi connectivity index (χ0n) is 16.2. The Balaban J connectivity index is 2.25. The SMILES string of the molecule is CC(=O)N[C@@H](CCCCN)C(=O)Nc1ccc(OC(=O)O)c(-c2ccccc2)c1. The summed E-state index contributed by atoms with van der Waals surface area (Å²) >= 11 is 0. The van der Waals surface area contributed by atoms with Crippen LogP contribution in [0, 0.1) is 0 Å². The van der Waals surface area contributed by atoms with E-state index < -0.39 is 12.2 Å². The molecule has 0 saturated carbocycles. The summed E-state index contributed by atoms with van der Waals surface area (Å²) in [5, 5.41) is 14.4. The number of ether oxygens (including phenoxy) is 1. The van der Waals surface area contributed by atoms with Gasteiger partial charge in [0.2, 0.25) is 11.8 Å². The number of carbonyl (C=O) groups excluding carboxylic acids is 2. The summed E-state index contributed by atoms with van der Waals surface area (Å²) in [4.78, 5) is 35.1. The maximum atomic E-state index is 12.7. The quantitative estimate of drug-likeness (QED) is 0.291. The number of hydrogen-bond donors (Lipinski definition) is 4. The Morgan fingerprint density at radius 2 is 1.83 bits per heavy atom. The number of nitrogens with one attached hydrogen (secondary N) is 2. The first-order valence-corrected chi connectivity index (χ1v) is 9.29. The van der Waals surface area contributed by atoms with Gasteiger partial charge in [-0.1, -0.05) is 30.3 Å². The number of unbranched alkanes of at least 4 members (excludes halogenated alkanes) is 1. The zero-order chi connectivity index (χ0) is 21.2. The lowest BCUT2D eigenvalue weighted by molar-refractivity contribution is -0.125. The molecule has 0 aliphatic heterocycles. The molecule has 2 rings (SSSR count). The summed E-state index contributed by atoms with van der Waals surface area (Å²) in [7, 11) is 0. The molecule has 2 amide bonds. The Labute approximate surface area is 169 Å². The third kappa shape index (κ3) is 6.93. The summed E-state index contributed by atoms with van der Waals surface area (Å²) in [6, 6.07) is 13.1. The summed E-state index contributed by atoms with van der Waals surface area (Å²) in [5.74, 6) is -0.501. The van der Waals surface area contributed by atoms with E-state index in [9.17, 15) is 14.4 Å². The third-order valence-electron chi connectivity index (χ3n) is 4.17. The van der Waals surface area contributed by atoms with Crippen LogP contribution in [0.3, 0.4) is 0 Å². The Bertz CT molecular complexity index is 855. The fourth-order valence-corrected chi connectivity index (χ4v) is 2.87. The van der Waals surface area contributed by atoms with Crippen molar-refractivity contribution in [1.29, 1.82) is 0 Å². The van der Waals surface area contributed by atoms with E-state index in [4.69, 9.17) is 15.6 Å². The second kappa shape index (κ2) is 10.8. The second-order valence-electron chi connectivity index (χ2n) is 6.47. The van der Waals surface area contributed by atoms with Crippen molar-refractivity contribution in [3.8, 4) is 16.9 Å². The van der Waals surface area contributed by atoms with E-state index in [1.54, 1.807) is 12.1 Å². The van der Waals surface area contributed by atoms with Gasteiger partial charge in [0.1, 0.15) is 11.8 Å². The molecule has 29 heavy (non-hydrogen) atoms. The van der Waals surface area contributed by atoms with Crippen LogP contribution in [0.5, 0.6) is 5.75 Å². The average molecular weight is 399 g/mol. The van der Waals surface area contributed by atoms with Crippen molar-refractivity contribution in [3.63, 3.8) is 0 Å². The van der Waals surface area contributed by atoms with Crippen molar-refractivity contribution in [2.24, 2.45) is 5.73 Å². The molecular weight excluding hydrogens is 374 g/mol. The molecule has 0 aliphatic carbocycles. The smallest absolute Gasteiger partial charge is 0.449 e. The van der Waals surface area contributed by atoms with E-state index in [0.717, 1.165) is 12.0 Å². The molecule has 5 N–H and O–H groups in total. The summed E-state index contributed by atoms with van der Waals surface area (Å²) in [5.41, 5.74) is 7.21. The van der Waals surface area contributed by atoms with Gasteiger partial charge in [-0.15, -0.1) is 0 Å². The van der Waals surface area contributed by atoms with Crippen LogP contribution in [0.2, 0.25) is 0 Å². The summed E-state index contributed by atoms with van der Waals surface area (Å²) < 4.78 is 4.86. The highest BCUT2D eigenvalue weighted by Crippen LogP contribution is 2.33. The van der Waals surface area contributed by atoms with Crippen LogP contribution in [0.25, 0.3) is 11.1 Å². The normalized spacial score (nSPS) is 11.4. The lowest BCUT2D eigenvalue weighted by Gasteiger charge is -2.18. The molecule has 8 nitrogen and oxygen atoms in total. The first-order valence-electron chi connectivity index (χ1n) is 9.29. The van der Waals surface area contributed by atoms with Crippen LogP contribution in [0.15, 0.2) is 48.5 Å². The Morgan fingerprint density at radius 1 is 1.10 bits per heavy atom. The first kappa shape index (κ1) is 21.9. The van der Waals surface area contributed by atoms with E-state index in [2.05, 4.69) is 10.6 Å². The van der Waals surface area contributed by atoms with E-state index >= 15 is 0 Å². The highest BCUT2D eigenvalue weighted by Gasteiger charge is 2.20. The number of carbonyl (C=O) groups is 3. The van der Waals surface area contributed by atoms with Gasteiger partial charge < -0.3 is 26.2 Å². The van der Waals surface area contributed by atoms with Gasteiger partial charge in [-0.3, -0.25) is 9.59 Å². The van der Waals surface area contributed by atoms with E-state index in [0.29, 0.717) is 30.6 Å². The van der Waals surface area contributed by atoms with Crippen LogP contribution in [-0.2, 0) is 9.59 Å². The van der Waals surface area contributed by atoms with Crippen LogP contribution in [-0.4, -0.2) is 35.7 Å². The number of rotatable bonds is 9. The molecule has 0 aliphatic rings. The van der Waals surface area contributed by atoms with Crippen molar-refractivity contribution in [1.82, 2.24) is 5.32 Å². The number of benzene rings is 2. The monoisotopic (exact) mass is 399 g/mol. The minimum atomic E-state index is -1.43. The van der Waals surface area contributed by atoms with Gasteiger partial charge in [0.05, 0.1) is 0 Å². The van der Waals surface area contributed by atoms with Gasteiger partial charge in [-0.05, 0) is 49.6 Å².